The van der Waals surface area contributed by atoms with Crippen LogP contribution in [0.25, 0.3) is 0 Å². The number of thiophene rings is 1. The Morgan fingerprint density at radius 3 is 1.97 bits per heavy atom. The highest BCUT2D eigenvalue weighted by Crippen LogP contribution is 2.33. The van der Waals surface area contributed by atoms with Gasteiger partial charge < -0.3 is 19.9 Å². The molecule has 0 saturated carbocycles. The molecule has 1 aliphatic heterocycles. The number of amides is 2. The van der Waals surface area contributed by atoms with E-state index in [1.165, 1.54) is 31.4 Å². The smallest absolute Gasteiger partial charge is 0.348 e. The van der Waals surface area contributed by atoms with E-state index in [0.29, 0.717) is 16.8 Å². The fourth-order valence-electron chi connectivity index (χ4n) is 3.60. The van der Waals surface area contributed by atoms with Gasteiger partial charge in [0.15, 0.2) is 0 Å². The van der Waals surface area contributed by atoms with Gasteiger partial charge in [-0.25, -0.2) is 19.3 Å². The number of hydrogen-bond acceptors (Lipinski definition) is 10. The summed E-state index contributed by atoms with van der Waals surface area (Å²) in [7, 11) is 2.32. The maximum Gasteiger partial charge on any atom is 0.348 e. The van der Waals surface area contributed by atoms with Crippen molar-refractivity contribution in [2.45, 2.75) is 6.61 Å². The topological polar surface area (TPSA) is 142 Å². The Morgan fingerprint density at radius 2 is 1.43 bits per heavy atom. The Hall–Kier alpha value is -4.51. The number of benzene rings is 2. The molecule has 0 fully saturated rings. The van der Waals surface area contributed by atoms with E-state index in [9.17, 15) is 24.0 Å². The molecule has 2 heterocycles. The molecule has 0 bridgehead atoms. The third-order valence-corrected chi connectivity index (χ3v) is 6.34. The largest absolute Gasteiger partial charge is 0.465 e. The Kier molecular flexibility index (Phi) is 6.34. The van der Waals surface area contributed by atoms with Gasteiger partial charge in [0, 0.05) is 5.56 Å². The van der Waals surface area contributed by atoms with Gasteiger partial charge in [-0.2, -0.15) is 0 Å². The number of carbonyl (C=O) groups is 5. The molecule has 2 aromatic carbocycles. The van der Waals surface area contributed by atoms with Gasteiger partial charge in [-0.3, -0.25) is 9.59 Å². The van der Waals surface area contributed by atoms with Gasteiger partial charge >= 0.3 is 17.9 Å². The predicted molar refractivity (Wildman–Crippen MR) is 125 cm³/mol. The van der Waals surface area contributed by atoms with E-state index in [0.717, 1.165) is 23.3 Å². The number of imide groups is 1. The number of carbonyl (C=O) groups excluding carboxylic acids is 5. The fraction of sp³-hybridized carbons (Fsp3) is 0.125. The van der Waals surface area contributed by atoms with Crippen LogP contribution in [0.4, 0.5) is 10.7 Å². The first-order chi connectivity index (χ1) is 16.8. The number of nitrogens with two attached hydrogens (primary N) is 1. The molecule has 10 nitrogen and oxygen atoms in total. The molecule has 3 aromatic rings. The molecule has 2 N–H and O–H groups in total. The average Bonchev–Trinajstić information content (AvgIpc) is 3.34. The van der Waals surface area contributed by atoms with E-state index >= 15 is 0 Å². The van der Waals surface area contributed by atoms with Crippen molar-refractivity contribution < 1.29 is 38.2 Å². The van der Waals surface area contributed by atoms with E-state index in [2.05, 4.69) is 0 Å². The lowest BCUT2D eigenvalue weighted by Gasteiger charge is -2.14. The number of nitrogen functional groups attached to an aromatic ring is 1. The number of nitrogens with zero attached hydrogens (tertiary/aromatic N) is 1. The minimum Gasteiger partial charge on any atom is -0.465 e. The summed E-state index contributed by atoms with van der Waals surface area (Å²) in [6.07, 6.45) is 0. The summed E-state index contributed by atoms with van der Waals surface area (Å²) in [5.74, 6) is -3.21. The van der Waals surface area contributed by atoms with Crippen molar-refractivity contribution in [2.75, 3.05) is 24.9 Å². The van der Waals surface area contributed by atoms with Crippen LogP contribution >= 0.6 is 11.3 Å². The van der Waals surface area contributed by atoms with Gasteiger partial charge in [0.1, 0.15) is 22.0 Å². The number of anilines is 2. The number of esters is 3. The Balaban J connectivity index is 1.53. The first-order valence-corrected chi connectivity index (χ1v) is 10.9. The van der Waals surface area contributed by atoms with Crippen LogP contribution in [-0.4, -0.2) is 43.9 Å². The number of fused-ring (bicyclic) bond motifs is 1. The molecule has 1 aliphatic rings. The maximum absolute atomic E-state index is 12.6. The SMILES string of the molecule is COC(=O)c1sc(N)c(C(=O)OC)c1COC(=O)c1ccc(N2C(=O)c3ccccc3C2=O)cc1. The van der Waals surface area contributed by atoms with Crippen LogP contribution in [0.3, 0.4) is 0 Å². The molecule has 2 amide bonds. The maximum atomic E-state index is 12.6. The van der Waals surface area contributed by atoms with Gasteiger partial charge in [-0.1, -0.05) is 12.1 Å². The molecule has 0 unspecified atom stereocenters. The summed E-state index contributed by atoms with van der Waals surface area (Å²) in [6.45, 7) is -0.443. The molecule has 0 aliphatic carbocycles. The Morgan fingerprint density at radius 1 is 0.857 bits per heavy atom. The van der Waals surface area contributed by atoms with E-state index in [4.69, 9.17) is 19.9 Å². The number of ether oxygens (including phenoxy) is 3. The van der Waals surface area contributed by atoms with Crippen molar-refractivity contribution in [3.63, 3.8) is 0 Å². The summed E-state index contributed by atoms with van der Waals surface area (Å²) in [5, 5.41) is 0.0218. The highest BCUT2D eigenvalue weighted by Gasteiger charge is 2.36. The number of hydrogen-bond donors (Lipinski definition) is 1. The molecule has 1 aromatic heterocycles. The molecule has 4 rings (SSSR count). The molecule has 178 valence electrons. The van der Waals surface area contributed by atoms with Gasteiger partial charge in [0.2, 0.25) is 0 Å². The third-order valence-electron chi connectivity index (χ3n) is 5.30. The molecular formula is C24H18N2O8S. The van der Waals surface area contributed by atoms with Crippen LogP contribution < -0.4 is 10.6 Å². The first-order valence-electron chi connectivity index (χ1n) is 10.1. The lowest BCUT2D eigenvalue weighted by atomic mass is 10.1. The Labute approximate surface area is 202 Å². The lowest BCUT2D eigenvalue weighted by molar-refractivity contribution is 0.0452. The molecule has 0 atom stereocenters. The van der Waals surface area contributed by atoms with Gasteiger partial charge in [-0.05, 0) is 36.4 Å². The fourth-order valence-corrected chi connectivity index (χ4v) is 4.58. The summed E-state index contributed by atoms with van der Waals surface area (Å²) >= 11 is 0.818. The lowest BCUT2D eigenvalue weighted by Crippen LogP contribution is -2.29. The molecule has 35 heavy (non-hydrogen) atoms. The van der Waals surface area contributed by atoms with Crippen LogP contribution in [0.5, 0.6) is 0 Å². The normalized spacial score (nSPS) is 12.3. The Bertz CT molecular complexity index is 1340. The zero-order valence-corrected chi connectivity index (χ0v) is 19.3. The molecule has 0 spiro atoms. The van der Waals surface area contributed by atoms with E-state index < -0.39 is 36.3 Å². The second-order valence-corrected chi connectivity index (χ2v) is 8.30. The van der Waals surface area contributed by atoms with Crippen LogP contribution in [0.15, 0.2) is 48.5 Å². The van der Waals surface area contributed by atoms with Gasteiger partial charge in [0.25, 0.3) is 11.8 Å². The van der Waals surface area contributed by atoms with Crippen LogP contribution in [0, 0.1) is 0 Å². The zero-order valence-electron chi connectivity index (χ0n) is 18.5. The van der Waals surface area contributed by atoms with Crippen molar-refractivity contribution in [2.24, 2.45) is 0 Å². The van der Waals surface area contributed by atoms with Crippen molar-refractivity contribution >= 4 is 51.7 Å². The molecule has 11 heteroatoms. The highest BCUT2D eigenvalue weighted by molar-refractivity contribution is 7.18. The molecule has 0 saturated heterocycles. The van der Waals surface area contributed by atoms with E-state index in [1.54, 1.807) is 24.3 Å². The summed E-state index contributed by atoms with van der Waals surface area (Å²) < 4.78 is 14.7. The minimum absolute atomic E-state index is 0.0131. The average molecular weight is 494 g/mol. The first kappa shape index (κ1) is 23.6. The molecular weight excluding hydrogens is 476 g/mol. The van der Waals surface area contributed by atoms with Crippen molar-refractivity contribution in [3.05, 3.63) is 81.2 Å². The van der Waals surface area contributed by atoms with Crippen LogP contribution in [0.1, 0.15) is 56.7 Å². The van der Waals surface area contributed by atoms with Gasteiger partial charge in [0.05, 0.1) is 36.6 Å². The van der Waals surface area contributed by atoms with E-state index in [-0.39, 0.29) is 26.6 Å². The predicted octanol–water partition coefficient (Wildman–Crippen LogP) is 3.06. The highest BCUT2D eigenvalue weighted by atomic mass is 32.1. The monoisotopic (exact) mass is 494 g/mol. The molecule has 0 radical (unpaired) electrons. The van der Waals surface area contributed by atoms with Gasteiger partial charge in [-0.15, -0.1) is 11.3 Å². The van der Waals surface area contributed by atoms with Crippen molar-refractivity contribution in [1.82, 2.24) is 0 Å². The van der Waals surface area contributed by atoms with Crippen LogP contribution in [0.2, 0.25) is 0 Å². The zero-order chi connectivity index (χ0) is 25.3. The minimum atomic E-state index is -0.787. The number of rotatable bonds is 6. The van der Waals surface area contributed by atoms with Crippen molar-refractivity contribution in [3.8, 4) is 0 Å². The van der Waals surface area contributed by atoms with Crippen LogP contribution in [-0.2, 0) is 20.8 Å². The third kappa shape index (κ3) is 4.13. The summed E-state index contributed by atoms with van der Waals surface area (Å²) in [4.78, 5) is 63.2. The van der Waals surface area contributed by atoms with E-state index in [1.807, 2.05) is 0 Å². The quantitative estimate of drug-likeness (QED) is 0.311. The standard InChI is InChI=1S/C24H18N2O8S/c1-32-23(30)17-16(18(24(31)33-2)35-19(17)25)11-34-22(29)12-7-9-13(10-8-12)26-20(27)14-5-3-4-6-15(14)21(26)28/h3-10H,11,25H2,1-2H3. The second-order valence-electron chi connectivity index (χ2n) is 7.25. The second kappa shape index (κ2) is 9.39. The number of methoxy groups -OCH3 is 2. The summed E-state index contributed by atoms with van der Waals surface area (Å²) in [5.41, 5.74) is 6.88. The van der Waals surface area contributed by atoms with Crippen molar-refractivity contribution in [1.29, 1.82) is 0 Å². The summed E-state index contributed by atoms with van der Waals surface area (Å²) in [6, 6.07) is 12.2.